The Morgan fingerprint density at radius 3 is 3.44 bits per heavy atom. The van der Waals surface area contributed by atoms with Crippen molar-refractivity contribution in [2.45, 2.75) is 6.54 Å². The summed E-state index contributed by atoms with van der Waals surface area (Å²) in [5.41, 5.74) is 0. The molecule has 0 unspecified atom stereocenters. The second-order valence-corrected chi connectivity index (χ2v) is 2.20. The van der Waals surface area contributed by atoms with E-state index in [9.17, 15) is 0 Å². The molecule has 0 aromatic carbocycles. The highest BCUT2D eigenvalue weighted by atomic mass is 16.5. The van der Waals surface area contributed by atoms with Crippen molar-refractivity contribution in [1.82, 2.24) is 4.68 Å². The van der Waals surface area contributed by atoms with E-state index in [0.717, 1.165) is 19.0 Å². The van der Waals surface area contributed by atoms with E-state index in [2.05, 4.69) is 4.68 Å². The number of hydrogen-bond acceptors (Lipinski definition) is 1. The van der Waals surface area contributed by atoms with Gasteiger partial charge >= 0.3 is 0 Å². The minimum absolute atomic E-state index is 0.823. The van der Waals surface area contributed by atoms with Crippen LogP contribution in [0.5, 0.6) is 5.88 Å². The zero-order valence-electron chi connectivity index (χ0n) is 5.37. The number of nitrogens with zero attached hydrogens (tertiary/aromatic N) is 2. The van der Waals surface area contributed by atoms with E-state index < -0.39 is 0 Å². The molecule has 0 bridgehead atoms. The number of fused-ring (bicyclic) bond motifs is 1. The Bertz CT molecular complexity index is 229. The van der Waals surface area contributed by atoms with Crippen LogP contribution >= 0.6 is 0 Å². The topological polar surface area (TPSA) is 18.0 Å². The highest BCUT2D eigenvalue weighted by molar-refractivity contribution is 5.06. The molecule has 0 atom stereocenters. The quantitative estimate of drug-likeness (QED) is 0.435. The van der Waals surface area contributed by atoms with Crippen LogP contribution in [-0.2, 0) is 13.6 Å². The van der Waals surface area contributed by atoms with Gasteiger partial charge in [0.2, 0.25) is 0 Å². The lowest BCUT2D eigenvalue weighted by Crippen LogP contribution is -2.36. The molecule has 2 heterocycles. The molecular weight excluding hydrogens is 116 g/mol. The summed E-state index contributed by atoms with van der Waals surface area (Å²) in [6, 6.07) is 1.98. The minimum atomic E-state index is 0.823. The fourth-order valence-electron chi connectivity index (χ4n) is 1.12. The molecule has 0 N–H and O–H groups in total. The van der Waals surface area contributed by atoms with E-state index in [-0.39, 0.29) is 0 Å². The Balaban J connectivity index is 2.56. The first-order valence-corrected chi connectivity index (χ1v) is 3.06. The largest absolute Gasteiger partial charge is 0.473 e. The van der Waals surface area contributed by atoms with E-state index in [4.69, 9.17) is 4.74 Å². The van der Waals surface area contributed by atoms with Gasteiger partial charge < -0.3 is 4.74 Å². The fourth-order valence-corrected chi connectivity index (χ4v) is 1.12. The summed E-state index contributed by atoms with van der Waals surface area (Å²) in [7, 11) is 2.01. The van der Waals surface area contributed by atoms with Gasteiger partial charge in [0.15, 0.2) is 13.2 Å². The molecule has 1 aliphatic rings. The van der Waals surface area contributed by atoms with Gasteiger partial charge in [-0.25, -0.2) is 0 Å². The van der Waals surface area contributed by atoms with Crippen LogP contribution in [0.3, 0.4) is 0 Å². The molecule has 0 spiro atoms. The highest BCUT2D eigenvalue weighted by Crippen LogP contribution is 2.12. The standard InChI is InChI=1S/C6H9N2O/c1-7-3-2-6-8(7)4-5-9-6/h2-3H,4-5H2,1H3/q+1. The van der Waals surface area contributed by atoms with E-state index >= 15 is 0 Å². The number of aryl methyl sites for hydroxylation is 1. The van der Waals surface area contributed by atoms with E-state index in [1.54, 1.807) is 0 Å². The second-order valence-electron chi connectivity index (χ2n) is 2.20. The SMILES string of the molecule is C[n+]1ccc2n1CCO2. The van der Waals surface area contributed by atoms with Crippen molar-refractivity contribution in [2.75, 3.05) is 6.61 Å². The Kier molecular flexibility index (Phi) is 0.806. The van der Waals surface area contributed by atoms with Gasteiger partial charge in [0, 0.05) is 0 Å². The third-order valence-electron chi connectivity index (χ3n) is 1.62. The van der Waals surface area contributed by atoms with Crippen molar-refractivity contribution < 1.29 is 9.42 Å². The third-order valence-corrected chi connectivity index (χ3v) is 1.62. The second kappa shape index (κ2) is 1.50. The summed E-state index contributed by atoms with van der Waals surface area (Å²) in [6.07, 6.45) is 1.99. The Labute approximate surface area is 53.5 Å². The van der Waals surface area contributed by atoms with Crippen LogP contribution in [0.15, 0.2) is 12.3 Å². The van der Waals surface area contributed by atoms with Crippen LogP contribution < -0.4 is 9.42 Å². The van der Waals surface area contributed by atoms with Crippen LogP contribution in [0.2, 0.25) is 0 Å². The van der Waals surface area contributed by atoms with Crippen molar-refractivity contribution in [3.05, 3.63) is 12.3 Å². The maximum Gasteiger partial charge on any atom is 0.252 e. The highest BCUT2D eigenvalue weighted by Gasteiger charge is 2.17. The molecule has 0 radical (unpaired) electrons. The van der Waals surface area contributed by atoms with Crippen LogP contribution in [0.25, 0.3) is 0 Å². The van der Waals surface area contributed by atoms with Crippen molar-refractivity contribution in [1.29, 1.82) is 0 Å². The zero-order valence-corrected chi connectivity index (χ0v) is 5.37. The molecule has 0 aliphatic carbocycles. The number of rotatable bonds is 0. The van der Waals surface area contributed by atoms with Gasteiger partial charge in [0.05, 0.1) is 6.07 Å². The molecule has 0 fully saturated rings. The number of ether oxygens (including phenoxy) is 1. The number of aromatic nitrogens is 2. The van der Waals surface area contributed by atoms with E-state index in [1.165, 1.54) is 0 Å². The lowest BCUT2D eigenvalue weighted by Gasteiger charge is -1.86. The molecule has 1 aromatic rings. The summed E-state index contributed by atoms with van der Waals surface area (Å²) in [5, 5.41) is 0. The van der Waals surface area contributed by atoms with Gasteiger partial charge in [0.25, 0.3) is 5.88 Å². The van der Waals surface area contributed by atoms with Gasteiger partial charge in [-0.05, 0) is 0 Å². The fraction of sp³-hybridized carbons (Fsp3) is 0.500. The van der Waals surface area contributed by atoms with Crippen LogP contribution in [0.1, 0.15) is 0 Å². The van der Waals surface area contributed by atoms with Crippen molar-refractivity contribution in [3.63, 3.8) is 0 Å². The average molecular weight is 125 g/mol. The van der Waals surface area contributed by atoms with Gasteiger partial charge in [-0.1, -0.05) is 0 Å². The Morgan fingerprint density at radius 1 is 1.78 bits per heavy atom. The zero-order chi connectivity index (χ0) is 6.27. The normalized spacial score (nSPS) is 15.2. The Hall–Kier alpha value is -0.990. The molecule has 0 amide bonds. The maximum absolute atomic E-state index is 5.26. The van der Waals surface area contributed by atoms with Crippen molar-refractivity contribution >= 4 is 0 Å². The van der Waals surface area contributed by atoms with Crippen molar-refractivity contribution in [2.24, 2.45) is 7.05 Å². The molecule has 2 rings (SSSR count). The first kappa shape index (κ1) is 4.85. The van der Waals surface area contributed by atoms with Gasteiger partial charge in [-0.15, -0.1) is 9.36 Å². The predicted octanol–water partition coefficient (Wildman–Crippen LogP) is -0.295. The third kappa shape index (κ3) is 0.542. The van der Waals surface area contributed by atoms with Crippen LogP contribution in [-0.4, -0.2) is 11.3 Å². The molecule has 48 valence electrons. The predicted molar refractivity (Wildman–Crippen MR) is 31.1 cm³/mol. The lowest BCUT2D eigenvalue weighted by molar-refractivity contribution is -0.752. The molecular formula is C6H9N2O+. The smallest absolute Gasteiger partial charge is 0.252 e. The molecule has 3 heteroatoms. The van der Waals surface area contributed by atoms with E-state index in [1.807, 2.05) is 24.0 Å². The van der Waals surface area contributed by atoms with Gasteiger partial charge in [-0.3, -0.25) is 0 Å². The summed E-state index contributed by atoms with van der Waals surface area (Å²) in [5.74, 6) is 0.984. The summed E-state index contributed by atoms with van der Waals surface area (Å²) < 4.78 is 9.39. The average Bonchev–Trinajstić information content (AvgIpc) is 2.35. The molecule has 3 nitrogen and oxygen atoms in total. The molecule has 0 saturated heterocycles. The summed E-state index contributed by atoms with van der Waals surface area (Å²) in [6.45, 7) is 1.81. The van der Waals surface area contributed by atoms with E-state index in [0.29, 0.717) is 0 Å². The maximum atomic E-state index is 5.26. The molecule has 1 aromatic heterocycles. The monoisotopic (exact) mass is 125 g/mol. The van der Waals surface area contributed by atoms with Gasteiger partial charge in [0.1, 0.15) is 13.2 Å². The lowest BCUT2D eigenvalue weighted by atomic mass is 10.7. The summed E-state index contributed by atoms with van der Waals surface area (Å²) >= 11 is 0. The van der Waals surface area contributed by atoms with Crippen molar-refractivity contribution in [3.8, 4) is 5.88 Å². The first-order chi connectivity index (χ1) is 4.38. The Morgan fingerprint density at radius 2 is 2.67 bits per heavy atom. The number of hydrogen-bond donors (Lipinski definition) is 0. The van der Waals surface area contributed by atoms with Crippen LogP contribution in [0.4, 0.5) is 0 Å². The van der Waals surface area contributed by atoms with Gasteiger partial charge in [-0.2, -0.15) is 0 Å². The first-order valence-electron chi connectivity index (χ1n) is 3.06. The molecule has 0 saturated carbocycles. The van der Waals surface area contributed by atoms with Crippen LogP contribution in [0, 0.1) is 0 Å². The minimum Gasteiger partial charge on any atom is -0.473 e. The summed E-state index contributed by atoms with van der Waals surface area (Å²) in [4.78, 5) is 0. The molecule has 9 heavy (non-hydrogen) atoms. The molecule has 1 aliphatic heterocycles.